The Morgan fingerprint density at radius 1 is 1.81 bits per heavy atom. The van der Waals surface area contributed by atoms with Crippen LogP contribution in [0, 0.1) is 6.92 Å². The van der Waals surface area contributed by atoms with Crippen LogP contribution in [0.5, 0.6) is 0 Å². The van der Waals surface area contributed by atoms with Crippen LogP contribution in [-0.2, 0) is 9.53 Å². The molecule has 7 heteroatoms. The molecule has 1 heterocycles. The van der Waals surface area contributed by atoms with E-state index in [2.05, 4.69) is 15.0 Å². The molecule has 1 aromatic rings. The summed E-state index contributed by atoms with van der Waals surface area (Å²) in [7, 11) is 0. The third-order valence-corrected chi connectivity index (χ3v) is 1.56. The van der Waals surface area contributed by atoms with Crippen molar-refractivity contribution in [3.8, 4) is 0 Å². The van der Waals surface area contributed by atoms with Gasteiger partial charge in [-0.05, 0) is 18.5 Å². The van der Waals surface area contributed by atoms with Crippen molar-refractivity contribution in [2.75, 3.05) is 6.61 Å². The van der Waals surface area contributed by atoms with Crippen molar-refractivity contribution in [3.63, 3.8) is 0 Å². The van der Waals surface area contributed by atoms with E-state index < -0.39 is 5.97 Å². The highest BCUT2D eigenvalue weighted by atomic mass is 16.5. The van der Waals surface area contributed by atoms with Crippen LogP contribution in [-0.4, -0.2) is 17.6 Å². The van der Waals surface area contributed by atoms with Crippen molar-refractivity contribution in [3.05, 3.63) is 34.0 Å². The third-order valence-electron chi connectivity index (χ3n) is 1.56. The number of esters is 1. The van der Waals surface area contributed by atoms with E-state index in [-0.39, 0.29) is 12.3 Å². The van der Waals surface area contributed by atoms with Gasteiger partial charge in [-0.15, -0.1) is 0 Å². The molecule has 0 atom stereocenters. The van der Waals surface area contributed by atoms with Crippen molar-refractivity contribution in [1.82, 2.24) is 4.98 Å². The van der Waals surface area contributed by atoms with Gasteiger partial charge in [0.1, 0.15) is 11.5 Å². The zero-order chi connectivity index (χ0) is 12.0. The van der Waals surface area contributed by atoms with Gasteiger partial charge in [0.15, 0.2) is 5.89 Å². The van der Waals surface area contributed by atoms with Crippen molar-refractivity contribution < 1.29 is 13.9 Å². The zero-order valence-corrected chi connectivity index (χ0v) is 8.88. The molecule has 0 saturated carbocycles. The molecule has 1 rings (SSSR count). The molecule has 1 aromatic heterocycles. The number of carbonyl (C=O) groups is 1. The first-order valence-electron chi connectivity index (χ1n) is 4.53. The molecule has 0 unspecified atom stereocenters. The highest BCUT2D eigenvalue weighted by Gasteiger charge is 2.09. The average molecular weight is 222 g/mol. The predicted octanol–water partition coefficient (Wildman–Crippen LogP) is 2.20. The van der Waals surface area contributed by atoms with E-state index in [4.69, 9.17) is 14.7 Å². The Morgan fingerprint density at radius 3 is 3.06 bits per heavy atom. The van der Waals surface area contributed by atoms with Crippen molar-refractivity contribution in [2.45, 2.75) is 13.8 Å². The molecule has 0 spiro atoms. The molecule has 0 N–H and O–H groups in total. The van der Waals surface area contributed by atoms with Crippen molar-refractivity contribution >= 4 is 12.0 Å². The molecular formula is C9H10N4O3. The van der Waals surface area contributed by atoms with Gasteiger partial charge in [-0.2, -0.15) is 0 Å². The minimum Gasteiger partial charge on any atom is -0.462 e. The van der Waals surface area contributed by atoms with E-state index in [1.807, 2.05) is 0 Å². The molecule has 16 heavy (non-hydrogen) atoms. The molecule has 84 valence electrons. The van der Waals surface area contributed by atoms with E-state index >= 15 is 0 Å². The molecule has 0 fully saturated rings. The molecular weight excluding hydrogens is 212 g/mol. The summed E-state index contributed by atoms with van der Waals surface area (Å²) < 4.78 is 9.81. The summed E-state index contributed by atoms with van der Waals surface area (Å²) in [5.74, 6) is 0.0812. The number of azide groups is 1. The fraction of sp³-hybridized carbons (Fsp3) is 0.333. The summed E-state index contributed by atoms with van der Waals surface area (Å²) in [6, 6.07) is 0. The first-order valence-corrected chi connectivity index (χ1v) is 4.53. The Morgan fingerprint density at radius 2 is 2.56 bits per heavy atom. The van der Waals surface area contributed by atoms with Crippen LogP contribution < -0.4 is 0 Å². The highest BCUT2D eigenvalue weighted by Crippen LogP contribution is 2.11. The largest absolute Gasteiger partial charge is 0.462 e. The maximum Gasteiger partial charge on any atom is 0.340 e. The van der Waals surface area contributed by atoms with Gasteiger partial charge < -0.3 is 9.15 Å². The van der Waals surface area contributed by atoms with Crippen LogP contribution in [0.1, 0.15) is 18.6 Å². The molecule has 0 aromatic carbocycles. The molecule has 7 nitrogen and oxygen atoms in total. The lowest BCUT2D eigenvalue weighted by atomic mass is 10.3. The second-order valence-corrected chi connectivity index (χ2v) is 2.72. The third kappa shape index (κ3) is 3.14. The van der Waals surface area contributed by atoms with Crippen LogP contribution in [0.25, 0.3) is 16.5 Å². The normalized spacial score (nSPS) is 10.8. The zero-order valence-electron chi connectivity index (χ0n) is 8.88. The first kappa shape index (κ1) is 11.8. The standard InChI is InChI=1S/C9H10N4O3/c1-3-15-9(14)8(12-13-10)4-7-5-11-6(2)16-7/h4-5H,3H2,1-2H3. The smallest absolute Gasteiger partial charge is 0.340 e. The van der Waals surface area contributed by atoms with E-state index in [1.165, 1.54) is 12.3 Å². The fourth-order valence-electron chi connectivity index (χ4n) is 0.961. The van der Waals surface area contributed by atoms with Crippen molar-refractivity contribution in [1.29, 1.82) is 0 Å². The molecule has 0 saturated heterocycles. The van der Waals surface area contributed by atoms with Gasteiger partial charge in [-0.1, -0.05) is 5.11 Å². The van der Waals surface area contributed by atoms with Crippen LogP contribution in [0.2, 0.25) is 0 Å². The SMILES string of the molecule is CCOC(=O)C(=Cc1cnc(C)o1)N=[N+]=[N-]. The molecule has 0 amide bonds. The summed E-state index contributed by atoms with van der Waals surface area (Å²) in [4.78, 5) is 17.7. The molecule has 0 radical (unpaired) electrons. The summed E-state index contributed by atoms with van der Waals surface area (Å²) in [6.07, 6.45) is 2.69. The number of aromatic nitrogens is 1. The Bertz CT molecular complexity index is 457. The maximum absolute atomic E-state index is 11.3. The lowest BCUT2D eigenvalue weighted by Gasteiger charge is -1.99. The Balaban J connectivity index is 2.97. The summed E-state index contributed by atoms with van der Waals surface area (Å²) in [5, 5.41) is 3.23. The van der Waals surface area contributed by atoms with Gasteiger partial charge in [0.25, 0.3) is 0 Å². The van der Waals surface area contributed by atoms with Gasteiger partial charge >= 0.3 is 5.97 Å². The first-order chi connectivity index (χ1) is 7.67. The number of ether oxygens (including phenoxy) is 1. The van der Waals surface area contributed by atoms with Crippen LogP contribution >= 0.6 is 0 Å². The Labute approximate surface area is 91.4 Å². The molecule has 0 bridgehead atoms. The van der Waals surface area contributed by atoms with E-state index in [0.717, 1.165) is 0 Å². The monoisotopic (exact) mass is 222 g/mol. The van der Waals surface area contributed by atoms with E-state index in [0.29, 0.717) is 11.7 Å². The number of nitrogens with zero attached hydrogens (tertiary/aromatic N) is 4. The fourth-order valence-corrected chi connectivity index (χ4v) is 0.961. The van der Waals surface area contributed by atoms with Crippen LogP contribution in [0.3, 0.4) is 0 Å². The van der Waals surface area contributed by atoms with Gasteiger partial charge in [-0.25, -0.2) is 9.78 Å². The second kappa shape index (κ2) is 5.57. The number of hydrogen-bond acceptors (Lipinski definition) is 5. The molecule has 0 aliphatic heterocycles. The van der Waals surface area contributed by atoms with Gasteiger partial charge in [0.2, 0.25) is 0 Å². The lowest BCUT2D eigenvalue weighted by molar-refractivity contribution is -0.138. The Hall–Kier alpha value is -2.27. The number of oxazole rings is 1. The summed E-state index contributed by atoms with van der Waals surface area (Å²) in [5.41, 5.74) is 8.13. The van der Waals surface area contributed by atoms with Crippen LogP contribution in [0.15, 0.2) is 21.4 Å². The highest BCUT2D eigenvalue weighted by molar-refractivity contribution is 5.92. The molecule has 0 aliphatic rings. The topological polar surface area (TPSA) is 101 Å². The maximum atomic E-state index is 11.3. The van der Waals surface area contributed by atoms with E-state index in [1.54, 1.807) is 13.8 Å². The second-order valence-electron chi connectivity index (χ2n) is 2.72. The van der Waals surface area contributed by atoms with Gasteiger partial charge in [-0.3, -0.25) is 0 Å². The lowest BCUT2D eigenvalue weighted by Crippen LogP contribution is -2.05. The number of hydrogen-bond donors (Lipinski definition) is 0. The summed E-state index contributed by atoms with van der Waals surface area (Å²) in [6.45, 7) is 3.52. The van der Waals surface area contributed by atoms with Gasteiger partial charge in [0.05, 0.1) is 12.8 Å². The number of aryl methyl sites for hydroxylation is 1. The Kier molecular flexibility index (Phi) is 4.11. The van der Waals surface area contributed by atoms with E-state index in [9.17, 15) is 4.79 Å². The number of rotatable bonds is 4. The van der Waals surface area contributed by atoms with Crippen molar-refractivity contribution in [2.24, 2.45) is 5.11 Å². The average Bonchev–Trinajstić information content (AvgIpc) is 2.64. The van der Waals surface area contributed by atoms with Crippen LogP contribution in [0.4, 0.5) is 0 Å². The summed E-state index contributed by atoms with van der Waals surface area (Å²) >= 11 is 0. The minimum atomic E-state index is -0.700. The van der Waals surface area contributed by atoms with Gasteiger partial charge in [0, 0.05) is 11.8 Å². The predicted molar refractivity (Wildman–Crippen MR) is 55.0 cm³/mol. The quantitative estimate of drug-likeness (QED) is 0.256. The molecule has 0 aliphatic carbocycles. The minimum absolute atomic E-state index is 0.166. The number of carbonyl (C=O) groups excluding carboxylic acids is 1.